The molecule has 0 aliphatic rings. The quantitative estimate of drug-likeness (QED) is 0.646. The topological polar surface area (TPSA) is 86.9 Å². The Bertz CT molecular complexity index is 645. The lowest BCUT2D eigenvalue weighted by atomic mass is 10.1. The van der Waals surface area contributed by atoms with E-state index in [1.54, 1.807) is 6.07 Å². The Kier molecular flexibility index (Phi) is 1.68. The molecule has 68 valence electrons. The minimum Gasteiger partial charge on any atom is -0.372 e. The highest BCUT2D eigenvalue weighted by Crippen LogP contribution is 2.09. The van der Waals surface area contributed by atoms with Gasteiger partial charge in [0, 0.05) is 0 Å². The van der Waals surface area contributed by atoms with Crippen LogP contribution in [0.2, 0.25) is 0 Å². The number of nitriles is 1. The summed E-state index contributed by atoms with van der Waals surface area (Å²) in [5, 5.41) is 8.81. The first-order valence-corrected chi connectivity index (χ1v) is 3.78. The first-order valence-electron chi connectivity index (χ1n) is 3.78. The lowest BCUT2D eigenvalue weighted by Gasteiger charge is -1.95. The van der Waals surface area contributed by atoms with Gasteiger partial charge < -0.3 is 4.42 Å². The number of aromatic amines is 1. The van der Waals surface area contributed by atoms with E-state index in [2.05, 4.69) is 9.40 Å². The van der Waals surface area contributed by atoms with Crippen LogP contribution >= 0.6 is 0 Å². The molecular weight excluding hydrogens is 184 g/mol. The molecule has 5 heteroatoms. The lowest BCUT2D eigenvalue weighted by molar-refractivity contribution is 0.460. The van der Waals surface area contributed by atoms with Crippen LogP contribution in [0.5, 0.6) is 0 Å². The zero-order chi connectivity index (χ0) is 10.1. The summed E-state index contributed by atoms with van der Waals surface area (Å²) in [6.45, 7) is 0. The van der Waals surface area contributed by atoms with Gasteiger partial charge in [0.1, 0.15) is 11.5 Å². The molecule has 2 rings (SSSR count). The van der Waals surface area contributed by atoms with Gasteiger partial charge in [0.25, 0.3) is 0 Å². The largest absolute Gasteiger partial charge is 0.419 e. The van der Waals surface area contributed by atoms with Crippen molar-refractivity contribution in [3.8, 4) is 6.07 Å². The van der Waals surface area contributed by atoms with Gasteiger partial charge in [-0.25, -0.2) is 9.59 Å². The summed E-state index contributed by atoms with van der Waals surface area (Å²) in [6.07, 6.45) is 0. The molecule has 2 aromatic rings. The van der Waals surface area contributed by atoms with Crippen molar-refractivity contribution >= 4 is 10.9 Å². The molecule has 1 aromatic carbocycles. The van der Waals surface area contributed by atoms with E-state index in [4.69, 9.17) is 5.26 Å². The highest BCUT2D eigenvalue weighted by Gasteiger charge is 2.06. The van der Waals surface area contributed by atoms with E-state index in [-0.39, 0.29) is 10.9 Å². The smallest absolute Gasteiger partial charge is 0.372 e. The number of aromatic nitrogens is 1. The van der Waals surface area contributed by atoms with E-state index in [0.717, 1.165) is 0 Å². The summed E-state index contributed by atoms with van der Waals surface area (Å²) in [7, 11) is 0. The van der Waals surface area contributed by atoms with Crippen molar-refractivity contribution in [3.63, 3.8) is 0 Å². The average molecular weight is 188 g/mol. The molecule has 0 bridgehead atoms. The van der Waals surface area contributed by atoms with Crippen LogP contribution in [0.3, 0.4) is 0 Å². The zero-order valence-electron chi connectivity index (χ0n) is 6.90. The van der Waals surface area contributed by atoms with Crippen LogP contribution < -0.4 is 11.4 Å². The molecule has 5 nitrogen and oxygen atoms in total. The van der Waals surface area contributed by atoms with Crippen LogP contribution in [-0.2, 0) is 0 Å². The van der Waals surface area contributed by atoms with E-state index in [1.807, 2.05) is 6.07 Å². The van der Waals surface area contributed by atoms with Gasteiger partial charge in [-0.15, -0.1) is 0 Å². The molecule has 0 atom stereocenters. The third kappa shape index (κ3) is 1.10. The van der Waals surface area contributed by atoms with Crippen molar-refractivity contribution in [2.75, 3.05) is 0 Å². The van der Waals surface area contributed by atoms with Crippen LogP contribution in [0.4, 0.5) is 0 Å². The molecule has 0 saturated heterocycles. The summed E-state index contributed by atoms with van der Waals surface area (Å²) < 4.78 is 4.32. The molecule has 1 N–H and O–H groups in total. The number of fused-ring (bicyclic) bond motifs is 1. The van der Waals surface area contributed by atoms with Crippen molar-refractivity contribution in [1.29, 1.82) is 5.26 Å². The summed E-state index contributed by atoms with van der Waals surface area (Å²) in [5.74, 6) is -0.822. The van der Waals surface area contributed by atoms with E-state index < -0.39 is 11.4 Å². The number of hydrogen-bond donors (Lipinski definition) is 1. The second-order valence-electron chi connectivity index (χ2n) is 2.64. The number of rotatable bonds is 0. The Morgan fingerprint density at radius 1 is 1.36 bits per heavy atom. The molecule has 0 spiro atoms. The van der Waals surface area contributed by atoms with Crippen LogP contribution in [0.15, 0.2) is 32.2 Å². The van der Waals surface area contributed by atoms with Gasteiger partial charge in [-0.3, -0.25) is 4.98 Å². The van der Waals surface area contributed by atoms with Gasteiger partial charge in [0.2, 0.25) is 0 Å². The molecule has 0 aliphatic heterocycles. The van der Waals surface area contributed by atoms with Crippen LogP contribution in [0.25, 0.3) is 10.9 Å². The summed E-state index contributed by atoms with van der Waals surface area (Å²) in [6, 6.07) is 6.45. The first kappa shape index (κ1) is 8.26. The number of benzene rings is 1. The zero-order valence-corrected chi connectivity index (χ0v) is 6.90. The maximum atomic E-state index is 11.2. The van der Waals surface area contributed by atoms with Gasteiger partial charge in [0.15, 0.2) is 0 Å². The van der Waals surface area contributed by atoms with Gasteiger partial charge in [-0.1, -0.05) is 6.07 Å². The second-order valence-corrected chi connectivity index (χ2v) is 2.64. The van der Waals surface area contributed by atoms with Crippen LogP contribution in [0.1, 0.15) is 5.56 Å². The van der Waals surface area contributed by atoms with Crippen molar-refractivity contribution in [1.82, 2.24) is 4.98 Å². The fraction of sp³-hybridized carbons (Fsp3) is 0. The van der Waals surface area contributed by atoms with Gasteiger partial charge in [0.05, 0.1) is 11.1 Å². The third-order valence-corrected chi connectivity index (χ3v) is 1.81. The normalized spacial score (nSPS) is 9.93. The molecule has 0 unspecified atom stereocenters. The standard InChI is InChI=1S/C9H4N2O3/c10-4-5-2-1-3-6-7(5)8(12)14-9(13)11-6/h1-3H,(H,11,13). The third-order valence-electron chi connectivity index (χ3n) is 1.81. The number of nitrogens with one attached hydrogen (secondary N) is 1. The molecule has 0 aliphatic carbocycles. The highest BCUT2D eigenvalue weighted by molar-refractivity contribution is 5.82. The fourth-order valence-corrected chi connectivity index (χ4v) is 1.24. The summed E-state index contributed by atoms with van der Waals surface area (Å²) in [5.41, 5.74) is -0.293. The van der Waals surface area contributed by atoms with Crippen molar-refractivity contribution in [2.24, 2.45) is 0 Å². The predicted molar refractivity (Wildman–Crippen MR) is 47.8 cm³/mol. The van der Waals surface area contributed by atoms with E-state index in [0.29, 0.717) is 5.52 Å². The maximum absolute atomic E-state index is 11.2. The second kappa shape index (κ2) is 2.85. The minimum atomic E-state index is -0.822. The molecule has 0 radical (unpaired) electrons. The van der Waals surface area contributed by atoms with E-state index in [9.17, 15) is 9.59 Å². The molecule has 0 amide bonds. The van der Waals surface area contributed by atoms with Gasteiger partial charge in [-0.05, 0) is 12.1 Å². The van der Waals surface area contributed by atoms with Gasteiger partial charge in [-0.2, -0.15) is 5.26 Å². The SMILES string of the molecule is N#Cc1cccc2[nH]c(=O)oc(=O)c12. The number of nitrogens with zero attached hydrogens (tertiary/aromatic N) is 1. The van der Waals surface area contributed by atoms with Crippen LogP contribution in [-0.4, -0.2) is 4.98 Å². The molecule has 1 aromatic heterocycles. The molecule has 0 saturated carbocycles. The van der Waals surface area contributed by atoms with E-state index in [1.165, 1.54) is 12.1 Å². The Hall–Kier alpha value is -2.35. The van der Waals surface area contributed by atoms with Crippen molar-refractivity contribution in [2.45, 2.75) is 0 Å². The van der Waals surface area contributed by atoms with Crippen LogP contribution in [0, 0.1) is 11.3 Å². The molecule has 1 heterocycles. The summed E-state index contributed by atoms with van der Waals surface area (Å²) in [4.78, 5) is 24.4. The molecular formula is C9H4N2O3. The molecule has 14 heavy (non-hydrogen) atoms. The number of H-pyrrole nitrogens is 1. The Morgan fingerprint density at radius 2 is 2.14 bits per heavy atom. The van der Waals surface area contributed by atoms with Crippen molar-refractivity contribution in [3.05, 3.63) is 44.7 Å². The highest BCUT2D eigenvalue weighted by atomic mass is 16.4. The maximum Gasteiger partial charge on any atom is 0.419 e. The summed E-state index contributed by atoms with van der Waals surface area (Å²) >= 11 is 0. The first-order chi connectivity index (χ1) is 6.72. The van der Waals surface area contributed by atoms with Crippen molar-refractivity contribution < 1.29 is 4.42 Å². The van der Waals surface area contributed by atoms with Gasteiger partial charge >= 0.3 is 11.4 Å². The average Bonchev–Trinajstić information content (AvgIpc) is 2.16. The minimum absolute atomic E-state index is 0.106. The monoisotopic (exact) mass is 188 g/mol. The Labute approximate surface area is 77.2 Å². The lowest BCUT2D eigenvalue weighted by Crippen LogP contribution is -2.15. The molecule has 0 fully saturated rings. The predicted octanol–water partition coefficient (Wildman–Crippen LogP) is 0.353. The fourth-order valence-electron chi connectivity index (χ4n) is 1.24. The van der Waals surface area contributed by atoms with E-state index >= 15 is 0 Å². The Morgan fingerprint density at radius 3 is 2.86 bits per heavy atom. The number of hydrogen-bond acceptors (Lipinski definition) is 4. The Balaban J connectivity index is 3.12.